The van der Waals surface area contributed by atoms with Gasteiger partial charge in [0.15, 0.2) is 0 Å². The summed E-state index contributed by atoms with van der Waals surface area (Å²) in [5.41, 5.74) is 2.38. The van der Waals surface area contributed by atoms with Crippen LogP contribution in [-0.4, -0.2) is 42.6 Å². The van der Waals surface area contributed by atoms with E-state index >= 15 is 0 Å². The maximum absolute atomic E-state index is 12.8. The summed E-state index contributed by atoms with van der Waals surface area (Å²) in [6.07, 6.45) is 4.19. The van der Waals surface area contributed by atoms with Crippen molar-refractivity contribution in [3.8, 4) is 5.75 Å². The molecule has 2 aliphatic heterocycles. The van der Waals surface area contributed by atoms with Gasteiger partial charge in [0, 0.05) is 32.0 Å². The Morgan fingerprint density at radius 1 is 1.17 bits per heavy atom. The number of rotatable bonds is 3. The third-order valence-corrected chi connectivity index (χ3v) is 5.53. The van der Waals surface area contributed by atoms with Crippen LogP contribution in [0.25, 0.3) is 0 Å². The number of para-hydroxylation sites is 1. The number of ether oxygens (including phenoxy) is 1. The number of hydrogen-bond acceptors (Lipinski definition) is 3. The van der Waals surface area contributed by atoms with Crippen molar-refractivity contribution in [2.45, 2.75) is 58.6 Å². The second-order valence-corrected chi connectivity index (χ2v) is 7.35. The van der Waals surface area contributed by atoms with Gasteiger partial charge in [-0.2, -0.15) is 0 Å². The molecular formula is C20H30N2O2. The molecule has 2 fully saturated rings. The van der Waals surface area contributed by atoms with Gasteiger partial charge in [0.25, 0.3) is 0 Å². The molecule has 0 spiro atoms. The van der Waals surface area contributed by atoms with Gasteiger partial charge < -0.3 is 15.0 Å². The summed E-state index contributed by atoms with van der Waals surface area (Å²) >= 11 is 0. The average molecular weight is 330 g/mol. The van der Waals surface area contributed by atoms with E-state index in [1.54, 1.807) is 0 Å². The number of piperidine rings is 2. The topological polar surface area (TPSA) is 41.6 Å². The predicted octanol–water partition coefficient (Wildman–Crippen LogP) is 3.06. The molecule has 4 heteroatoms. The van der Waals surface area contributed by atoms with Crippen molar-refractivity contribution >= 4 is 5.91 Å². The van der Waals surface area contributed by atoms with Gasteiger partial charge >= 0.3 is 0 Å². The number of carbonyl (C=O) groups excluding carboxylic acids is 1. The Labute approximate surface area is 145 Å². The quantitative estimate of drug-likeness (QED) is 0.926. The number of hydrogen-bond donors (Lipinski definition) is 1. The number of benzene rings is 1. The zero-order chi connectivity index (χ0) is 17.1. The molecule has 1 amide bonds. The van der Waals surface area contributed by atoms with Crippen LogP contribution < -0.4 is 10.1 Å². The van der Waals surface area contributed by atoms with Crippen LogP contribution in [0.3, 0.4) is 0 Å². The van der Waals surface area contributed by atoms with Gasteiger partial charge in [-0.1, -0.05) is 18.2 Å². The molecular weight excluding hydrogens is 300 g/mol. The maximum atomic E-state index is 12.8. The molecule has 0 radical (unpaired) electrons. The molecule has 2 atom stereocenters. The highest BCUT2D eigenvalue weighted by atomic mass is 16.5. The first-order valence-corrected chi connectivity index (χ1v) is 9.31. The Morgan fingerprint density at radius 2 is 1.83 bits per heavy atom. The highest BCUT2D eigenvalue weighted by molar-refractivity contribution is 5.79. The van der Waals surface area contributed by atoms with Crippen LogP contribution in [-0.2, 0) is 4.79 Å². The standard InChI is InChI=1S/C20H30N2O2/c1-14-6-4-7-15(2)19(14)24-17-9-12-22(13-10-17)20(23)18-8-5-11-21-16(18)3/h4,6-7,16-18,21H,5,8-13H2,1-3H3/t16-,18-/m1/s1. The highest BCUT2D eigenvalue weighted by Gasteiger charge is 2.33. The summed E-state index contributed by atoms with van der Waals surface area (Å²) in [7, 11) is 0. The molecule has 2 saturated heterocycles. The molecule has 3 rings (SSSR count). The molecule has 4 nitrogen and oxygen atoms in total. The van der Waals surface area contributed by atoms with Gasteiger partial charge in [-0.15, -0.1) is 0 Å². The zero-order valence-corrected chi connectivity index (χ0v) is 15.2. The zero-order valence-electron chi connectivity index (χ0n) is 15.2. The Bertz CT molecular complexity index is 559. The first-order valence-electron chi connectivity index (χ1n) is 9.31. The van der Waals surface area contributed by atoms with Crippen LogP contribution in [0.2, 0.25) is 0 Å². The minimum Gasteiger partial charge on any atom is -0.490 e. The minimum absolute atomic E-state index is 0.148. The Balaban J connectivity index is 1.55. The monoisotopic (exact) mass is 330 g/mol. The summed E-state index contributed by atoms with van der Waals surface area (Å²) in [5.74, 6) is 1.50. The molecule has 2 aliphatic rings. The molecule has 0 aliphatic carbocycles. The van der Waals surface area contributed by atoms with E-state index in [-0.39, 0.29) is 12.0 Å². The molecule has 0 saturated carbocycles. The third kappa shape index (κ3) is 3.75. The van der Waals surface area contributed by atoms with Crippen LogP contribution in [0, 0.1) is 19.8 Å². The van der Waals surface area contributed by atoms with E-state index in [4.69, 9.17) is 4.74 Å². The van der Waals surface area contributed by atoms with Crippen molar-refractivity contribution in [3.63, 3.8) is 0 Å². The van der Waals surface area contributed by atoms with Crippen LogP contribution in [0.4, 0.5) is 0 Å². The number of carbonyl (C=O) groups is 1. The summed E-state index contributed by atoms with van der Waals surface area (Å²) < 4.78 is 6.26. The SMILES string of the molecule is Cc1cccc(C)c1OC1CCN(C(=O)[C@@H]2CCCN[C@@H]2C)CC1. The summed E-state index contributed by atoms with van der Waals surface area (Å²) in [6, 6.07) is 6.56. The lowest BCUT2D eigenvalue weighted by Gasteiger charge is -2.37. The molecule has 132 valence electrons. The maximum Gasteiger partial charge on any atom is 0.227 e. The van der Waals surface area contributed by atoms with Crippen LogP contribution in [0.5, 0.6) is 5.75 Å². The van der Waals surface area contributed by atoms with E-state index in [0.717, 1.165) is 51.1 Å². The fourth-order valence-electron chi connectivity index (χ4n) is 3.96. The summed E-state index contributed by atoms with van der Waals surface area (Å²) in [6.45, 7) is 9.00. The summed E-state index contributed by atoms with van der Waals surface area (Å²) in [5, 5.41) is 3.43. The fourth-order valence-corrected chi connectivity index (χ4v) is 3.96. The molecule has 1 aromatic rings. The Kier molecular flexibility index (Phi) is 5.44. The number of likely N-dealkylation sites (tertiary alicyclic amines) is 1. The van der Waals surface area contributed by atoms with E-state index < -0.39 is 0 Å². The van der Waals surface area contributed by atoms with Crippen LogP contribution >= 0.6 is 0 Å². The number of nitrogens with one attached hydrogen (secondary N) is 1. The van der Waals surface area contributed by atoms with Gasteiger partial charge in [-0.25, -0.2) is 0 Å². The van der Waals surface area contributed by atoms with E-state index in [0.29, 0.717) is 11.9 Å². The van der Waals surface area contributed by atoms with Crippen molar-refractivity contribution in [1.82, 2.24) is 10.2 Å². The van der Waals surface area contributed by atoms with E-state index in [1.807, 2.05) is 0 Å². The molecule has 2 heterocycles. The molecule has 1 aromatic carbocycles. The average Bonchev–Trinajstić information content (AvgIpc) is 2.59. The Hall–Kier alpha value is -1.55. The molecule has 24 heavy (non-hydrogen) atoms. The van der Waals surface area contributed by atoms with E-state index in [1.165, 1.54) is 11.1 Å². The van der Waals surface area contributed by atoms with Crippen molar-refractivity contribution in [1.29, 1.82) is 0 Å². The van der Waals surface area contributed by atoms with Gasteiger partial charge in [-0.05, 0) is 51.3 Å². The molecule has 0 unspecified atom stereocenters. The van der Waals surface area contributed by atoms with Gasteiger partial charge in [-0.3, -0.25) is 4.79 Å². The molecule has 0 aromatic heterocycles. The lowest BCUT2D eigenvalue weighted by molar-refractivity contribution is -0.139. The predicted molar refractivity (Wildman–Crippen MR) is 96.3 cm³/mol. The van der Waals surface area contributed by atoms with Crippen molar-refractivity contribution < 1.29 is 9.53 Å². The number of nitrogens with zero attached hydrogens (tertiary/aromatic N) is 1. The first kappa shape index (κ1) is 17.3. The smallest absolute Gasteiger partial charge is 0.227 e. The van der Waals surface area contributed by atoms with E-state index in [9.17, 15) is 4.79 Å². The third-order valence-electron chi connectivity index (χ3n) is 5.53. The molecule has 1 N–H and O–H groups in total. The van der Waals surface area contributed by atoms with Crippen molar-refractivity contribution in [3.05, 3.63) is 29.3 Å². The van der Waals surface area contributed by atoms with Crippen LogP contribution in [0.1, 0.15) is 43.7 Å². The normalized spacial score (nSPS) is 25.5. The van der Waals surface area contributed by atoms with Crippen LogP contribution in [0.15, 0.2) is 18.2 Å². The second-order valence-electron chi connectivity index (χ2n) is 7.35. The van der Waals surface area contributed by atoms with Gasteiger partial charge in [0.05, 0.1) is 5.92 Å². The minimum atomic E-state index is 0.148. The number of amides is 1. The lowest BCUT2D eigenvalue weighted by atomic mass is 9.90. The number of aryl methyl sites for hydroxylation is 2. The van der Waals surface area contributed by atoms with Crippen molar-refractivity contribution in [2.24, 2.45) is 5.92 Å². The van der Waals surface area contributed by atoms with Crippen molar-refractivity contribution in [2.75, 3.05) is 19.6 Å². The van der Waals surface area contributed by atoms with Gasteiger partial charge in [0.1, 0.15) is 11.9 Å². The lowest BCUT2D eigenvalue weighted by Crippen LogP contribution is -2.50. The highest BCUT2D eigenvalue weighted by Crippen LogP contribution is 2.27. The molecule has 0 bridgehead atoms. The second kappa shape index (κ2) is 7.56. The largest absolute Gasteiger partial charge is 0.490 e. The fraction of sp³-hybridized carbons (Fsp3) is 0.650. The Morgan fingerprint density at radius 3 is 2.46 bits per heavy atom. The van der Waals surface area contributed by atoms with Gasteiger partial charge in [0.2, 0.25) is 5.91 Å². The first-order chi connectivity index (χ1) is 11.6. The summed E-state index contributed by atoms with van der Waals surface area (Å²) in [4.78, 5) is 14.8. The van der Waals surface area contributed by atoms with E-state index in [2.05, 4.69) is 49.2 Å².